The number of aliphatic carboxylic acids is 2. The summed E-state index contributed by atoms with van der Waals surface area (Å²) in [6.45, 7) is 1.87. The third kappa shape index (κ3) is 7.85. The molecule has 0 aliphatic rings. The number of carbonyl (C=O) groups is 2. The number of rotatable bonds is 4. The first-order valence-corrected chi connectivity index (χ1v) is 5.37. The summed E-state index contributed by atoms with van der Waals surface area (Å²) in [4.78, 5) is 19.4. The molecule has 0 aliphatic heterocycles. The number of carboxylic acid groups (broad SMARTS) is 2. The van der Waals surface area contributed by atoms with E-state index in [-0.39, 0.29) is 11.9 Å². The molecule has 1 rings (SSSR count). The normalized spacial score (nSPS) is 12.8. The van der Waals surface area contributed by atoms with Crippen molar-refractivity contribution in [3.63, 3.8) is 0 Å². The van der Waals surface area contributed by atoms with Crippen LogP contribution in [0.5, 0.6) is 0 Å². The van der Waals surface area contributed by atoms with Gasteiger partial charge in [-0.3, -0.25) is 4.79 Å². The smallest absolute Gasteiger partial charge is 0.333 e. The minimum absolute atomic E-state index is 0.0133. The molecule has 2 atom stereocenters. The number of benzene rings is 1. The van der Waals surface area contributed by atoms with Crippen molar-refractivity contribution < 1.29 is 29.3 Å². The second-order valence-electron chi connectivity index (χ2n) is 3.79. The number of nitrogens with two attached hydrogens (primary N) is 1. The summed E-state index contributed by atoms with van der Waals surface area (Å²) in [5, 5.41) is 24.1. The average Bonchev–Trinajstić information content (AvgIpc) is 2.29. The summed E-state index contributed by atoms with van der Waals surface area (Å²) in [7, 11) is 0. The molecule has 0 fully saturated rings. The van der Waals surface area contributed by atoms with Gasteiger partial charge in [0.25, 0.3) is 0 Å². The van der Waals surface area contributed by atoms with E-state index in [9.17, 15) is 14.0 Å². The van der Waals surface area contributed by atoms with Gasteiger partial charge in [-0.1, -0.05) is 12.1 Å². The molecule has 0 bridgehead atoms. The van der Waals surface area contributed by atoms with Crippen molar-refractivity contribution in [2.45, 2.75) is 25.5 Å². The highest BCUT2D eigenvalue weighted by atomic mass is 19.1. The lowest BCUT2D eigenvalue weighted by Crippen LogP contribution is -2.22. The largest absolute Gasteiger partial charge is 0.481 e. The van der Waals surface area contributed by atoms with Crippen LogP contribution in [0.4, 0.5) is 4.39 Å². The van der Waals surface area contributed by atoms with Crippen LogP contribution in [-0.4, -0.2) is 33.4 Å². The lowest BCUT2D eigenvalue weighted by atomic mass is 10.1. The van der Waals surface area contributed by atoms with Crippen LogP contribution < -0.4 is 5.73 Å². The molecule has 0 aliphatic carbocycles. The third-order valence-corrected chi connectivity index (χ3v) is 2.05. The fourth-order valence-corrected chi connectivity index (χ4v) is 1.02. The highest BCUT2D eigenvalue weighted by Crippen LogP contribution is 2.09. The van der Waals surface area contributed by atoms with Gasteiger partial charge in [-0.25, -0.2) is 9.18 Å². The van der Waals surface area contributed by atoms with Crippen LogP contribution >= 0.6 is 0 Å². The molecule has 0 saturated heterocycles. The Morgan fingerprint density at radius 2 is 1.74 bits per heavy atom. The van der Waals surface area contributed by atoms with E-state index in [2.05, 4.69) is 0 Å². The molecule has 0 heterocycles. The highest BCUT2D eigenvalue weighted by molar-refractivity contribution is 5.79. The van der Waals surface area contributed by atoms with E-state index in [0.717, 1.165) is 5.56 Å². The molecule has 0 saturated carbocycles. The van der Waals surface area contributed by atoms with Crippen molar-refractivity contribution in [1.29, 1.82) is 0 Å². The van der Waals surface area contributed by atoms with Crippen LogP contribution in [0.15, 0.2) is 24.3 Å². The van der Waals surface area contributed by atoms with Crippen LogP contribution in [0.2, 0.25) is 0 Å². The number of hydrogen-bond donors (Lipinski definition) is 4. The van der Waals surface area contributed by atoms with Crippen LogP contribution in [-0.2, 0) is 9.59 Å². The summed E-state index contributed by atoms with van der Waals surface area (Å²) >= 11 is 0. The predicted octanol–water partition coefficient (Wildman–Crippen LogP) is 0.752. The van der Waals surface area contributed by atoms with Crippen LogP contribution in [0.1, 0.15) is 24.9 Å². The number of carboxylic acids is 2. The van der Waals surface area contributed by atoms with E-state index in [1.807, 2.05) is 6.92 Å². The molecule has 0 aromatic heterocycles. The van der Waals surface area contributed by atoms with E-state index in [1.165, 1.54) is 12.1 Å². The van der Waals surface area contributed by atoms with Crippen LogP contribution in [0.25, 0.3) is 0 Å². The zero-order valence-corrected chi connectivity index (χ0v) is 10.3. The second-order valence-corrected chi connectivity index (χ2v) is 3.79. The molecule has 0 spiro atoms. The minimum Gasteiger partial charge on any atom is -0.481 e. The van der Waals surface area contributed by atoms with Gasteiger partial charge < -0.3 is 21.1 Å². The molecule has 5 N–H and O–H groups in total. The van der Waals surface area contributed by atoms with Gasteiger partial charge in [0.15, 0.2) is 6.10 Å². The Labute approximate surface area is 109 Å². The van der Waals surface area contributed by atoms with Gasteiger partial charge in [0.2, 0.25) is 0 Å². The standard InChI is InChI=1S/C8H10FN.C4H6O5/c1-6(10)7-2-4-8(9)5-3-7;5-2(4(8)9)1-3(6)7/h2-6H,10H2,1H3;2,5H,1H2,(H,6,7)(H,8,9). The SMILES string of the molecule is CC(N)c1ccc(F)cc1.O=C(O)CC(O)C(=O)O. The molecule has 0 amide bonds. The minimum atomic E-state index is -1.79. The Balaban J connectivity index is 0.000000344. The molecule has 106 valence electrons. The van der Waals surface area contributed by atoms with Gasteiger partial charge in [-0.2, -0.15) is 0 Å². The van der Waals surface area contributed by atoms with Gasteiger partial charge in [0.1, 0.15) is 5.82 Å². The van der Waals surface area contributed by atoms with Crippen molar-refractivity contribution in [2.75, 3.05) is 0 Å². The topological polar surface area (TPSA) is 121 Å². The van der Waals surface area contributed by atoms with Crippen molar-refractivity contribution >= 4 is 11.9 Å². The molecular weight excluding hydrogens is 257 g/mol. The third-order valence-electron chi connectivity index (χ3n) is 2.05. The van der Waals surface area contributed by atoms with E-state index in [1.54, 1.807) is 12.1 Å². The van der Waals surface area contributed by atoms with E-state index in [4.69, 9.17) is 21.1 Å². The summed E-state index contributed by atoms with van der Waals surface area (Å²) in [6, 6.07) is 6.21. The first-order chi connectivity index (χ1) is 8.73. The van der Waals surface area contributed by atoms with E-state index < -0.39 is 24.5 Å². The van der Waals surface area contributed by atoms with Gasteiger partial charge in [0.05, 0.1) is 6.42 Å². The fraction of sp³-hybridized carbons (Fsp3) is 0.333. The lowest BCUT2D eigenvalue weighted by molar-refractivity contribution is -0.152. The molecular formula is C12H16FNO5. The molecule has 0 radical (unpaired) electrons. The van der Waals surface area contributed by atoms with Crippen molar-refractivity contribution in [1.82, 2.24) is 0 Å². The monoisotopic (exact) mass is 273 g/mol. The maximum Gasteiger partial charge on any atom is 0.333 e. The number of aliphatic hydroxyl groups excluding tert-OH is 1. The van der Waals surface area contributed by atoms with Crippen molar-refractivity contribution in [3.05, 3.63) is 35.6 Å². The van der Waals surface area contributed by atoms with Gasteiger partial charge in [-0.05, 0) is 24.6 Å². The second kappa shape index (κ2) is 8.17. The average molecular weight is 273 g/mol. The Morgan fingerprint density at radius 1 is 1.26 bits per heavy atom. The predicted molar refractivity (Wildman–Crippen MR) is 64.9 cm³/mol. The highest BCUT2D eigenvalue weighted by Gasteiger charge is 2.16. The number of aliphatic hydroxyl groups is 1. The van der Waals surface area contributed by atoms with Gasteiger partial charge in [-0.15, -0.1) is 0 Å². The molecule has 2 unspecified atom stereocenters. The molecule has 1 aromatic carbocycles. The van der Waals surface area contributed by atoms with E-state index in [0.29, 0.717) is 0 Å². The maximum atomic E-state index is 12.3. The Hall–Kier alpha value is -1.99. The summed E-state index contributed by atoms with van der Waals surface area (Å²) < 4.78 is 12.3. The maximum absolute atomic E-state index is 12.3. The first kappa shape index (κ1) is 17.0. The zero-order valence-electron chi connectivity index (χ0n) is 10.3. The van der Waals surface area contributed by atoms with Crippen LogP contribution in [0.3, 0.4) is 0 Å². The fourth-order valence-electron chi connectivity index (χ4n) is 1.02. The molecule has 7 heteroatoms. The quantitative estimate of drug-likeness (QED) is 0.642. The summed E-state index contributed by atoms with van der Waals surface area (Å²) in [6.07, 6.45) is -2.54. The number of hydrogen-bond acceptors (Lipinski definition) is 4. The molecule has 19 heavy (non-hydrogen) atoms. The van der Waals surface area contributed by atoms with Gasteiger partial charge in [0, 0.05) is 6.04 Å². The van der Waals surface area contributed by atoms with Crippen molar-refractivity contribution in [3.8, 4) is 0 Å². The Morgan fingerprint density at radius 3 is 2.00 bits per heavy atom. The van der Waals surface area contributed by atoms with Crippen molar-refractivity contribution in [2.24, 2.45) is 5.73 Å². The summed E-state index contributed by atoms with van der Waals surface area (Å²) in [5.41, 5.74) is 6.50. The summed E-state index contributed by atoms with van der Waals surface area (Å²) in [5.74, 6) is -3.06. The van der Waals surface area contributed by atoms with Crippen LogP contribution in [0, 0.1) is 5.82 Å². The van der Waals surface area contributed by atoms with E-state index >= 15 is 0 Å². The Bertz CT molecular complexity index is 419. The molecule has 6 nitrogen and oxygen atoms in total. The first-order valence-electron chi connectivity index (χ1n) is 5.37. The lowest BCUT2D eigenvalue weighted by Gasteiger charge is -2.02. The zero-order chi connectivity index (χ0) is 15.0. The molecule has 1 aromatic rings. The Kier molecular flexibility index (Phi) is 7.32. The van der Waals surface area contributed by atoms with Gasteiger partial charge >= 0.3 is 11.9 Å². The number of halogens is 1.